The van der Waals surface area contributed by atoms with Crippen molar-refractivity contribution >= 4 is 72.1 Å². The van der Waals surface area contributed by atoms with Crippen molar-refractivity contribution in [2.45, 2.75) is 52.1 Å². The number of methoxy groups -OCH3 is 2. The Morgan fingerprint density at radius 2 is 1.54 bits per heavy atom. The minimum absolute atomic E-state index is 0.0860. The van der Waals surface area contributed by atoms with E-state index >= 15 is 0 Å². The average Bonchev–Trinajstić information content (AvgIpc) is 2.97. The Balaban J connectivity index is 2.09. The molecule has 12 nitrogen and oxygen atoms in total. The highest BCUT2D eigenvalue weighted by Gasteiger charge is 2.32. The lowest BCUT2D eigenvalue weighted by Gasteiger charge is -2.31. The maximum atomic E-state index is 14.3. The maximum absolute atomic E-state index is 14.3. The molecule has 1 aromatic heterocycles. The number of rotatable bonds is 11. The van der Waals surface area contributed by atoms with Gasteiger partial charge in [0.25, 0.3) is 0 Å². The molecule has 0 saturated heterocycles. The second-order valence-electron chi connectivity index (χ2n) is 12.5. The lowest BCUT2D eigenvalue weighted by Crippen LogP contribution is -2.44. The molecule has 0 aliphatic heterocycles. The molecule has 46 heavy (non-hydrogen) atoms. The number of urea groups is 1. The highest BCUT2D eigenvalue weighted by atomic mass is 35.5. The van der Waals surface area contributed by atoms with Crippen LogP contribution in [0, 0.1) is 0 Å². The normalized spacial score (nSPS) is 11.5. The monoisotopic (exact) mass is 692 g/mol. The predicted molar refractivity (Wildman–Crippen MR) is 186 cm³/mol. The van der Waals surface area contributed by atoms with Gasteiger partial charge in [0.1, 0.15) is 51.8 Å². The molecule has 250 valence electrons. The number of halogens is 2. The Labute approximate surface area is 281 Å². The Hall–Kier alpha value is -3.78. The number of hydrogen-bond acceptors (Lipinski definition) is 9. The first-order valence-electron chi connectivity index (χ1n) is 14.4. The minimum atomic E-state index is -1.43. The van der Waals surface area contributed by atoms with Crippen LogP contribution in [0.2, 0.25) is 35.7 Å². The van der Waals surface area contributed by atoms with E-state index in [1.54, 1.807) is 45.0 Å². The van der Waals surface area contributed by atoms with Crippen LogP contribution in [0.15, 0.2) is 42.7 Å². The number of benzene rings is 2. The van der Waals surface area contributed by atoms with E-state index in [1.807, 2.05) is 0 Å². The summed E-state index contributed by atoms with van der Waals surface area (Å²) in [6, 6.07) is 10.1. The van der Waals surface area contributed by atoms with Gasteiger partial charge in [-0.1, -0.05) is 55.0 Å². The number of aromatic nitrogens is 2. The molecule has 3 amide bonds. The summed E-state index contributed by atoms with van der Waals surface area (Å²) in [6.07, 6.45) is 0.511. The van der Waals surface area contributed by atoms with Crippen LogP contribution in [0.1, 0.15) is 20.8 Å². The molecule has 15 heteroatoms. The molecule has 3 rings (SSSR count). The van der Waals surface area contributed by atoms with Crippen LogP contribution in [0.5, 0.6) is 11.5 Å². The number of carbonyl (C=O) groups excluding carboxylic acids is 2. The van der Waals surface area contributed by atoms with Gasteiger partial charge in [0.2, 0.25) is 0 Å². The van der Waals surface area contributed by atoms with E-state index in [0.29, 0.717) is 18.0 Å². The fourth-order valence-electron chi connectivity index (χ4n) is 4.10. The van der Waals surface area contributed by atoms with Gasteiger partial charge < -0.3 is 24.7 Å². The van der Waals surface area contributed by atoms with E-state index in [9.17, 15) is 9.59 Å². The molecule has 0 atom stereocenters. The molecule has 2 N–H and O–H groups in total. The quantitative estimate of drug-likeness (QED) is 0.0923. The van der Waals surface area contributed by atoms with Gasteiger partial charge in [-0.25, -0.2) is 24.5 Å². The Kier molecular flexibility index (Phi) is 12.1. The number of amides is 3. The molecule has 0 aliphatic carbocycles. The summed E-state index contributed by atoms with van der Waals surface area (Å²) in [5.74, 6) is 0.762. The SMILES string of the molecule is COc1cc(OC)c(Cl)c(N(COCC[Si](C)(C)C)C(=O)N(C)c2cc(N(C(=O)OC(C)(C)C)c3ccccc3N)ncn2)c1Cl. The van der Waals surface area contributed by atoms with Gasteiger partial charge in [-0.2, -0.15) is 0 Å². The van der Waals surface area contributed by atoms with Crippen molar-refractivity contribution in [2.75, 3.05) is 55.0 Å². The Morgan fingerprint density at radius 3 is 2.09 bits per heavy atom. The number of ether oxygens (including phenoxy) is 4. The number of para-hydroxylation sites is 2. The first kappa shape index (κ1) is 36.7. The molecule has 3 aromatic rings. The van der Waals surface area contributed by atoms with Crippen molar-refractivity contribution in [3.05, 3.63) is 52.8 Å². The number of hydrogen-bond donors (Lipinski definition) is 1. The Morgan fingerprint density at radius 1 is 0.957 bits per heavy atom. The Bertz CT molecular complexity index is 1520. The molecule has 0 saturated carbocycles. The summed E-state index contributed by atoms with van der Waals surface area (Å²) in [5, 5.41) is 0.172. The molecule has 0 spiro atoms. The lowest BCUT2D eigenvalue weighted by molar-refractivity contribution is 0.0598. The summed E-state index contributed by atoms with van der Waals surface area (Å²) in [4.78, 5) is 40.1. The largest absolute Gasteiger partial charge is 0.495 e. The molecule has 2 aromatic carbocycles. The zero-order valence-corrected chi connectivity index (χ0v) is 30.2. The highest BCUT2D eigenvalue weighted by Crippen LogP contribution is 2.46. The van der Waals surface area contributed by atoms with Gasteiger partial charge in [0, 0.05) is 33.9 Å². The van der Waals surface area contributed by atoms with Crippen molar-refractivity contribution in [3.63, 3.8) is 0 Å². The molecule has 1 heterocycles. The van der Waals surface area contributed by atoms with E-state index in [1.165, 1.54) is 54.4 Å². The zero-order chi connectivity index (χ0) is 34.4. The molecule has 0 radical (unpaired) electrons. The topological polar surface area (TPSA) is 133 Å². The summed E-state index contributed by atoms with van der Waals surface area (Å²) in [7, 11) is 2.96. The fourth-order valence-corrected chi connectivity index (χ4v) is 5.56. The van der Waals surface area contributed by atoms with E-state index in [0.717, 1.165) is 6.04 Å². The lowest BCUT2D eigenvalue weighted by atomic mass is 10.2. The number of anilines is 5. The summed E-state index contributed by atoms with van der Waals surface area (Å²) < 4.78 is 22.6. The van der Waals surface area contributed by atoms with E-state index < -0.39 is 25.8 Å². The second kappa shape index (κ2) is 15.2. The van der Waals surface area contributed by atoms with Gasteiger partial charge >= 0.3 is 12.1 Å². The molecule has 0 unspecified atom stereocenters. The third-order valence-corrected chi connectivity index (χ3v) is 8.95. The smallest absolute Gasteiger partial charge is 0.420 e. The van der Waals surface area contributed by atoms with Crippen molar-refractivity contribution in [2.24, 2.45) is 0 Å². The predicted octanol–water partition coefficient (Wildman–Crippen LogP) is 7.83. The summed E-state index contributed by atoms with van der Waals surface area (Å²) in [6.45, 7) is 12.2. The minimum Gasteiger partial charge on any atom is -0.495 e. The van der Waals surface area contributed by atoms with E-state index in [2.05, 4.69) is 29.6 Å². The van der Waals surface area contributed by atoms with Gasteiger partial charge in [-0.05, 0) is 38.9 Å². The molecular weight excluding hydrogens is 651 g/mol. The first-order chi connectivity index (χ1) is 21.5. The van der Waals surface area contributed by atoms with Gasteiger partial charge in [0.15, 0.2) is 0 Å². The van der Waals surface area contributed by atoms with Crippen LogP contribution in [0.25, 0.3) is 0 Å². The van der Waals surface area contributed by atoms with E-state index in [4.69, 9.17) is 47.9 Å². The van der Waals surface area contributed by atoms with Gasteiger partial charge in [0.05, 0.1) is 31.3 Å². The van der Waals surface area contributed by atoms with Crippen LogP contribution in [-0.2, 0) is 9.47 Å². The molecule has 0 bridgehead atoms. The van der Waals surface area contributed by atoms with Crippen molar-refractivity contribution in [3.8, 4) is 11.5 Å². The van der Waals surface area contributed by atoms with Crippen LogP contribution in [-0.4, -0.2) is 70.4 Å². The highest BCUT2D eigenvalue weighted by molar-refractivity contribution is 6.76. The molecule has 0 aliphatic rings. The third-order valence-electron chi connectivity index (χ3n) is 6.52. The van der Waals surface area contributed by atoms with Crippen LogP contribution >= 0.6 is 23.2 Å². The first-order valence-corrected chi connectivity index (χ1v) is 18.9. The number of carbonyl (C=O) groups is 2. The fraction of sp³-hybridized carbons (Fsp3) is 0.419. The molecular formula is C31H42Cl2N6O6Si. The number of nitrogens with two attached hydrogens (primary N) is 1. The third kappa shape index (κ3) is 9.15. The van der Waals surface area contributed by atoms with E-state index in [-0.39, 0.29) is 45.6 Å². The average molecular weight is 694 g/mol. The van der Waals surface area contributed by atoms with Crippen molar-refractivity contribution < 1.29 is 28.5 Å². The second-order valence-corrected chi connectivity index (χ2v) is 18.9. The van der Waals surface area contributed by atoms with Crippen LogP contribution in [0.4, 0.5) is 38.3 Å². The van der Waals surface area contributed by atoms with Crippen molar-refractivity contribution in [1.82, 2.24) is 9.97 Å². The zero-order valence-electron chi connectivity index (χ0n) is 27.7. The summed E-state index contributed by atoms with van der Waals surface area (Å²) in [5.41, 5.74) is 6.23. The standard InChI is InChI=1S/C31H42Cl2N6O6Si/c1-31(2,3)45-30(41)39(21-13-11-10-12-20(21)34)25-17-24(35-18-36-25)37(4)29(40)38(19-44-14-15-46(7,8)9)28-26(32)22(42-5)16-23(43-6)27(28)33/h10-13,16-18H,14-15,19,34H2,1-9H3. The van der Waals surface area contributed by atoms with Gasteiger partial charge in [-0.3, -0.25) is 9.80 Å². The van der Waals surface area contributed by atoms with Crippen LogP contribution in [0.3, 0.4) is 0 Å². The summed E-state index contributed by atoms with van der Waals surface area (Å²) >= 11 is 13.5. The van der Waals surface area contributed by atoms with Crippen LogP contribution < -0.4 is 29.9 Å². The van der Waals surface area contributed by atoms with Gasteiger partial charge in [-0.15, -0.1) is 0 Å². The number of nitrogen functional groups attached to an aromatic ring is 1. The maximum Gasteiger partial charge on any atom is 0.420 e. The number of nitrogens with zero attached hydrogens (tertiary/aromatic N) is 5. The van der Waals surface area contributed by atoms with Crippen molar-refractivity contribution in [1.29, 1.82) is 0 Å². The molecule has 0 fully saturated rings.